The Kier molecular flexibility index (Phi) is 7.90. The van der Waals surface area contributed by atoms with E-state index in [1.165, 1.54) is 24.0 Å². The van der Waals surface area contributed by atoms with Gasteiger partial charge in [-0.15, -0.1) is 0 Å². The molecule has 4 rings (SSSR count). The molecule has 190 valence electrons. The molecule has 0 spiro atoms. The van der Waals surface area contributed by atoms with Crippen LogP contribution in [0.5, 0.6) is 0 Å². The summed E-state index contributed by atoms with van der Waals surface area (Å²) in [6, 6.07) is 10.9. The monoisotopic (exact) mass is 476 g/mol. The van der Waals surface area contributed by atoms with E-state index >= 15 is 0 Å². The van der Waals surface area contributed by atoms with E-state index in [0.29, 0.717) is 24.7 Å². The van der Waals surface area contributed by atoms with Gasteiger partial charge in [-0.25, -0.2) is 0 Å². The number of fused-ring (bicyclic) bond motifs is 1. The zero-order chi connectivity index (χ0) is 25.2. The van der Waals surface area contributed by atoms with Gasteiger partial charge in [-0.3, -0.25) is 0 Å². The summed E-state index contributed by atoms with van der Waals surface area (Å²) in [4.78, 5) is 0. The third-order valence-electron chi connectivity index (χ3n) is 8.73. The second kappa shape index (κ2) is 10.6. The van der Waals surface area contributed by atoms with Crippen LogP contribution in [0.1, 0.15) is 90.0 Å². The largest absolute Gasteiger partial charge is 0.393 e. The van der Waals surface area contributed by atoms with Gasteiger partial charge in [0.05, 0.1) is 17.8 Å². The first-order chi connectivity index (χ1) is 16.6. The highest BCUT2D eigenvalue weighted by molar-refractivity contribution is 5.42. The van der Waals surface area contributed by atoms with Gasteiger partial charge >= 0.3 is 0 Å². The molecular weight excluding hydrogens is 432 g/mol. The molecule has 5 atom stereocenters. The number of rotatable bonds is 7. The van der Waals surface area contributed by atoms with Crippen LogP contribution in [0.3, 0.4) is 0 Å². The first-order valence-corrected chi connectivity index (χ1v) is 13.5. The molecule has 0 unspecified atom stereocenters. The van der Waals surface area contributed by atoms with Gasteiger partial charge in [0.1, 0.15) is 0 Å². The maximum absolute atomic E-state index is 10.3. The fraction of sp³-hybridized carbons (Fsp3) is 0.562. The number of benzene rings is 1. The van der Waals surface area contributed by atoms with Crippen LogP contribution in [-0.4, -0.2) is 33.1 Å². The van der Waals surface area contributed by atoms with Crippen LogP contribution < -0.4 is 0 Å². The number of aliphatic hydroxyl groups excluding tert-OH is 2. The molecule has 1 aromatic rings. The van der Waals surface area contributed by atoms with Crippen LogP contribution >= 0.6 is 0 Å². The Balaban J connectivity index is 1.58. The Morgan fingerprint density at radius 3 is 2.63 bits per heavy atom. The molecule has 3 heteroatoms. The van der Waals surface area contributed by atoms with Crippen LogP contribution in [0, 0.1) is 11.3 Å². The average molecular weight is 477 g/mol. The molecule has 0 heterocycles. The molecule has 35 heavy (non-hydrogen) atoms. The van der Waals surface area contributed by atoms with Crippen molar-refractivity contribution in [3.63, 3.8) is 0 Å². The lowest BCUT2D eigenvalue weighted by molar-refractivity contribution is 0.0676. The molecular formula is C32H44O3. The summed E-state index contributed by atoms with van der Waals surface area (Å²) in [5, 5.41) is 30.7. The minimum atomic E-state index is -0.643. The SMILES string of the molecule is C=C1/C(=C\C=C2/CCC[C@]3(C)C([C@@H](CCCC(C)(C)O)c4ccccc4)=CC[C@@H]23)C[C@@H](O)C[C@@H]1O. The molecule has 3 nitrogen and oxygen atoms in total. The molecule has 2 fully saturated rings. The van der Waals surface area contributed by atoms with Gasteiger partial charge in [0.15, 0.2) is 0 Å². The van der Waals surface area contributed by atoms with Gasteiger partial charge in [0.25, 0.3) is 0 Å². The van der Waals surface area contributed by atoms with E-state index in [9.17, 15) is 15.3 Å². The van der Waals surface area contributed by atoms with Crippen LogP contribution in [0.2, 0.25) is 0 Å². The Bertz CT molecular complexity index is 993. The highest BCUT2D eigenvalue weighted by atomic mass is 16.3. The summed E-state index contributed by atoms with van der Waals surface area (Å²) < 4.78 is 0. The zero-order valence-electron chi connectivity index (χ0n) is 21.8. The minimum absolute atomic E-state index is 0.139. The van der Waals surface area contributed by atoms with Crippen molar-refractivity contribution < 1.29 is 15.3 Å². The van der Waals surface area contributed by atoms with Gasteiger partial charge in [0, 0.05) is 12.3 Å². The second-order valence-corrected chi connectivity index (χ2v) is 12.0. The average Bonchev–Trinajstić information content (AvgIpc) is 3.15. The smallest absolute Gasteiger partial charge is 0.0811 e. The molecule has 2 saturated carbocycles. The Morgan fingerprint density at radius 1 is 1.17 bits per heavy atom. The van der Waals surface area contributed by atoms with Crippen molar-refractivity contribution in [3.8, 4) is 0 Å². The lowest BCUT2D eigenvalue weighted by atomic mass is 9.61. The Hall–Kier alpha value is -1.94. The van der Waals surface area contributed by atoms with Gasteiger partial charge in [-0.1, -0.05) is 73.2 Å². The predicted molar refractivity (Wildman–Crippen MR) is 144 cm³/mol. The fourth-order valence-corrected chi connectivity index (χ4v) is 6.78. The highest BCUT2D eigenvalue weighted by Crippen LogP contribution is 2.58. The summed E-state index contributed by atoms with van der Waals surface area (Å²) in [6.45, 7) is 10.4. The standard InChI is InChI=1S/C32H44O3/c1-22-25(20-26(33)21-30(22)34)15-14-24-12-8-19-32(4)28(24)16-17-29(32)27(13-9-18-31(2,3)35)23-10-6-5-7-11-23/h5-7,10-11,14-15,17,26-28,30,33-35H,1,8-9,12-13,16,18-21H2,2-4H3/b24-14+,25-15-/t26-,27+,28+,30+,32+/m1/s1. The first-order valence-electron chi connectivity index (χ1n) is 13.5. The van der Waals surface area contributed by atoms with Crippen molar-refractivity contribution in [3.05, 3.63) is 83.0 Å². The summed E-state index contributed by atoms with van der Waals surface area (Å²) in [5.41, 5.74) is 5.70. The van der Waals surface area contributed by atoms with Crippen LogP contribution in [0.4, 0.5) is 0 Å². The molecule has 0 bridgehead atoms. The molecule has 1 aromatic carbocycles. The quantitative estimate of drug-likeness (QED) is 0.381. The van der Waals surface area contributed by atoms with E-state index in [0.717, 1.165) is 43.3 Å². The van der Waals surface area contributed by atoms with E-state index in [1.807, 2.05) is 13.8 Å². The molecule has 0 aliphatic heterocycles. The third-order valence-corrected chi connectivity index (χ3v) is 8.73. The van der Waals surface area contributed by atoms with Crippen molar-refractivity contribution in [2.75, 3.05) is 0 Å². The van der Waals surface area contributed by atoms with Crippen molar-refractivity contribution in [2.24, 2.45) is 11.3 Å². The van der Waals surface area contributed by atoms with Crippen molar-refractivity contribution in [1.29, 1.82) is 0 Å². The summed E-state index contributed by atoms with van der Waals surface area (Å²) in [6.07, 6.45) is 14.2. The Labute approximate surface area is 212 Å². The van der Waals surface area contributed by atoms with Crippen LogP contribution in [0.15, 0.2) is 77.4 Å². The molecule has 3 aliphatic rings. The van der Waals surface area contributed by atoms with E-state index < -0.39 is 17.8 Å². The Morgan fingerprint density at radius 2 is 1.91 bits per heavy atom. The van der Waals surface area contributed by atoms with Crippen molar-refractivity contribution in [1.82, 2.24) is 0 Å². The van der Waals surface area contributed by atoms with E-state index in [4.69, 9.17) is 0 Å². The number of aliphatic hydroxyl groups is 3. The third kappa shape index (κ3) is 5.90. The minimum Gasteiger partial charge on any atom is -0.393 e. The second-order valence-electron chi connectivity index (χ2n) is 12.0. The molecule has 0 radical (unpaired) electrons. The normalized spacial score (nSPS) is 32.6. The summed E-state index contributed by atoms with van der Waals surface area (Å²) in [7, 11) is 0. The maximum Gasteiger partial charge on any atom is 0.0811 e. The number of hydrogen-bond donors (Lipinski definition) is 3. The predicted octanol–water partition coefficient (Wildman–Crippen LogP) is 6.77. The van der Waals surface area contributed by atoms with Crippen molar-refractivity contribution >= 4 is 0 Å². The lowest BCUT2D eigenvalue weighted by Gasteiger charge is -2.43. The van der Waals surface area contributed by atoms with Crippen LogP contribution in [0.25, 0.3) is 0 Å². The van der Waals surface area contributed by atoms with E-state index in [2.05, 4.69) is 62.1 Å². The van der Waals surface area contributed by atoms with Gasteiger partial charge in [0.2, 0.25) is 0 Å². The number of allylic oxidation sites excluding steroid dienone is 5. The van der Waals surface area contributed by atoms with Crippen molar-refractivity contribution in [2.45, 2.75) is 102 Å². The van der Waals surface area contributed by atoms with Crippen LogP contribution in [-0.2, 0) is 0 Å². The van der Waals surface area contributed by atoms with Gasteiger partial charge in [-0.05, 0) is 93.3 Å². The molecule has 3 N–H and O–H groups in total. The summed E-state index contributed by atoms with van der Waals surface area (Å²) >= 11 is 0. The molecule has 3 aliphatic carbocycles. The first kappa shape index (κ1) is 26.1. The maximum atomic E-state index is 10.3. The topological polar surface area (TPSA) is 60.7 Å². The molecule has 0 aromatic heterocycles. The van der Waals surface area contributed by atoms with Gasteiger partial charge in [-0.2, -0.15) is 0 Å². The van der Waals surface area contributed by atoms with E-state index in [1.54, 1.807) is 5.57 Å². The zero-order valence-corrected chi connectivity index (χ0v) is 21.8. The highest BCUT2D eigenvalue weighted by Gasteiger charge is 2.47. The lowest BCUT2D eigenvalue weighted by Crippen LogP contribution is -2.32. The van der Waals surface area contributed by atoms with E-state index in [-0.39, 0.29) is 5.41 Å². The summed E-state index contributed by atoms with van der Waals surface area (Å²) in [5.74, 6) is 0.880. The molecule has 0 amide bonds. The molecule has 0 saturated heterocycles. The fourth-order valence-electron chi connectivity index (χ4n) is 6.78. The number of hydrogen-bond acceptors (Lipinski definition) is 3. The van der Waals surface area contributed by atoms with Gasteiger partial charge < -0.3 is 15.3 Å².